The Morgan fingerprint density at radius 2 is 1.71 bits per heavy atom. The van der Waals surface area contributed by atoms with Gasteiger partial charge in [0.05, 0.1) is 5.69 Å². The summed E-state index contributed by atoms with van der Waals surface area (Å²) in [5.41, 5.74) is 2.27. The largest absolute Gasteiger partial charge is 0.457 e. The molecule has 0 N–H and O–H groups in total. The first-order valence-electron chi connectivity index (χ1n) is 7.10. The van der Waals surface area contributed by atoms with Crippen LogP contribution in [-0.4, -0.2) is 13.4 Å². The molecule has 7 heteroatoms. The highest BCUT2D eigenvalue weighted by molar-refractivity contribution is 8.15. The molecule has 24 heavy (non-hydrogen) atoms. The second-order valence-corrected chi connectivity index (χ2v) is 8.98. The molecule has 0 aliphatic rings. The summed E-state index contributed by atoms with van der Waals surface area (Å²) in [5.74, 6) is 1.50. The minimum atomic E-state index is -3.77. The van der Waals surface area contributed by atoms with Crippen LogP contribution in [0.1, 0.15) is 11.3 Å². The summed E-state index contributed by atoms with van der Waals surface area (Å²) in [6.45, 7) is 3.61. The van der Waals surface area contributed by atoms with Crippen molar-refractivity contribution in [2.75, 3.05) is 0 Å². The van der Waals surface area contributed by atoms with E-state index in [1.54, 1.807) is 6.92 Å². The molecule has 0 fully saturated rings. The molecule has 1 heterocycles. The molecule has 1 aromatic heterocycles. The average Bonchev–Trinajstić information content (AvgIpc) is 2.92. The number of rotatable bonds is 4. The van der Waals surface area contributed by atoms with Crippen molar-refractivity contribution in [3.05, 3.63) is 59.8 Å². The van der Waals surface area contributed by atoms with Crippen molar-refractivity contribution in [1.29, 1.82) is 0 Å². The molecule has 124 valence electrons. The van der Waals surface area contributed by atoms with E-state index in [1.807, 2.05) is 55.5 Å². The van der Waals surface area contributed by atoms with Gasteiger partial charge in [-0.05, 0) is 49.7 Å². The fourth-order valence-electron chi connectivity index (χ4n) is 2.20. The molecule has 4 nitrogen and oxygen atoms in total. The molecule has 0 bridgehead atoms. The van der Waals surface area contributed by atoms with Crippen LogP contribution in [0.25, 0.3) is 10.6 Å². The van der Waals surface area contributed by atoms with Gasteiger partial charge in [-0.1, -0.05) is 18.2 Å². The first kappa shape index (κ1) is 17.0. The molecular weight excluding hydrogens is 366 g/mol. The van der Waals surface area contributed by atoms with Crippen molar-refractivity contribution in [3.8, 4) is 22.1 Å². The van der Waals surface area contributed by atoms with Gasteiger partial charge >= 0.3 is 0 Å². The topological polar surface area (TPSA) is 56.3 Å². The number of halogens is 1. The minimum absolute atomic E-state index is 0.0828. The summed E-state index contributed by atoms with van der Waals surface area (Å²) in [5, 5.41) is 0.606. The van der Waals surface area contributed by atoms with E-state index in [2.05, 4.69) is 4.98 Å². The Labute approximate surface area is 149 Å². The molecule has 0 aliphatic carbocycles. The van der Waals surface area contributed by atoms with Crippen molar-refractivity contribution < 1.29 is 13.2 Å². The minimum Gasteiger partial charge on any atom is -0.457 e. The molecule has 0 saturated heterocycles. The molecule has 0 atom stereocenters. The van der Waals surface area contributed by atoms with Crippen molar-refractivity contribution in [2.45, 2.75) is 18.1 Å². The summed E-state index contributed by atoms with van der Waals surface area (Å²) >= 11 is 1.06. The lowest BCUT2D eigenvalue weighted by Crippen LogP contribution is -1.88. The fraction of sp³-hybridized carbons (Fsp3) is 0.118. The van der Waals surface area contributed by atoms with Crippen LogP contribution in [0, 0.1) is 13.8 Å². The monoisotopic (exact) mass is 379 g/mol. The van der Waals surface area contributed by atoms with Gasteiger partial charge in [0, 0.05) is 16.2 Å². The number of ether oxygens (including phenoxy) is 1. The lowest BCUT2D eigenvalue weighted by molar-refractivity contribution is 0.479. The molecular formula is C17H14ClNO3S2. The van der Waals surface area contributed by atoms with Crippen LogP contribution in [0.2, 0.25) is 0 Å². The van der Waals surface area contributed by atoms with Gasteiger partial charge in [-0.15, -0.1) is 11.3 Å². The van der Waals surface area contributed by atoms with Gasteiger partial charge in [0.1, 0.15) is 16.5 Å². The van der Waals surface area contributed by atoms with Crippen LogP contribution in [0.4, 0.5) is 0 Å². The highest BCUT2D eigenvalue weighted by atomic mass is 35.7. The summed E-state index contributed by atoms with van der Waals surface area (Å²) in [6, 6.07) is 15.1. The normalized spacial score (nSPS) is 11.5. The SMILES string of the molecule is Cc1ccccc1Oc1ccc(-c2nc(C)c(S(=O)(=O)Cl)s2)cc1. The molecule has 0 amide bonds. The standard InChI is InChI=1S/C17H14ClNO3S2/c1-11-5-3-4-6-15(11)22-14-9-7-13(8-10-14)16-19-12(2)17(23-16)24(18,20)21/h3-10H,1-2H3. The molecule has 3 rings (SSSR count). The zero-order valence-electron chi connectivity index (χ0n) is 13.0. The highest BCUT2D eigenvalue weighted by Crippen LogP contribution is 2.34. The lowest BCUT2D eigenvalue weighted by Gasteiger charge is -2.08. The third-order valence-electron chi connectivity index (χ3n) is 3.40. The van der Waals surface area contributed by atoms with Crippen molar-refractivity contribution in [1.82, 2.24) is 4.98 Å². The summed E-state index contributed by atoms with van der Waals surface area (Å²) in [7, 11) is 1.65. The first-order valence-corrected chi connectivity index (χ1v) is 10.2. The second kappa shape index (κ2) is 6.55. The van der Waals surface area contributed by atoms with Crippen molar-refractivity contribution >= 4 is 31.1 Å². The van der Waals surface area contributed by atoms with Gasteiger partial charge in [-0.25, -0.2) is 13.4 Å². The van der Waals surface area contributed by atoms with E-state index >= 15 is 0 Å². The Bertz CT molecular complexity index is 979. The second-order valence-electron chi connectivity index (χ2n) is 5.22. The maximum absolute atomic E-state index is 11.5. The fourth-order valence-corrected chi connectivity index (χ4v) is 4.65. The number of para-hydroxylation sites is 1. The average molecular weight is 380 g/mol. The third-order valence-corrected chi connectivity index (χ3v) is 6.78. The van der Waals surface area contributed by atoms with E-state index in [9.17, 15) is 8.42 Å². The number of aromatic nitrogens is 1. The van der Waals surface area contributed by atoms with Crippen LogP contribution in [0.5, 0.6) is 11.5 Å². The Morgan fingerprint density at radius 3 is 2.29 bits per heavy atom. The number of nitrogens with zero attached hydrogens (tertiary/aromatic N) is 1. The first-order chi connectivity index (χ1) is 11.3. The van der Waals surface area contributed by atoms with E-state index < -0.39 is 9.05 Å². The maximum atomic E-state index is 11.5. The van der Waals surface area contributed by atoms with E-state index in [-0.39, 0.29) is 4.21 Å². The van der Waals surface area contributed by atoms with Crippen LogP contribution >= 0.6 is 22.0 Å². The van der Waals surface area contributed by atoms with E-state index in [4.69, 9.17) is 15.4 Å². The van der Waals surface area contributed by atoms with Gasteiger partial charge in [-0.3, -0.25) is 0 Å². The number of hydrogen-bond donors (Lipinski definition) is 0. The predicted octanol–water partition coefficient (Wildman–Crippen LogP) is 5.15. The smallest absolute Gasteiger partial charge is 0.272 e. The summed E-state index contributed by atoms with van der Waals surface area (Å²) in [6.07, 6.45) is 0. The van der Waals surface area contributed by atoms with Gasteiger partial charge in [0.2, 0.25) is 0 Å². The maximum Gasteiger partial charge on any atom is 0.272 e. The van der Waals surface area contributed by atoms with Gasteiger partial charge in [0.25, 0.3) is 9.05 Å². The van der Waals surface area contributed by atoms with Gasteiger partial charge < -0.3 is 4.74 Å². The number of hydrogen-bond acceptors (Lipinski definition) is 5. The van der Waals surface area contributed by atoms with Crippen molar-refractivity contribution in [3.63, 3.8) is 0 Å². The molecule has 0 radical (unpaired) electrons. The van der Waals surface area contributed by atoms with E-state index in [1.165, 1.54) is 0 Å². The van der Waals surface area contributed by atoms with E-state index in [0.29, 0.717) is 16.5 Å². The summed E-state index contributed by atoms with van der Waals surface area (Å²) < 4.78 is 28.9. The van der Waals surface area contributed by atoms with Crippen LogP contribution < -0.4 is 4.74 Å². The van der Waals surface area contributed by atoms with Crippen LogP contribution in [-0.2, 0) is 9.05 Å². The van der Waals surface area contributed by atoms with Crippen LogP contribution in [0.15, 0.2) is 52.7 Å². The summed E-state index contributed by atoms with van der Waals surface area (Å²) in [4.78, 5) is 4.29. The number of thiazole rings is 1. The molecule has 0 spiro atoms. The quantitative estimate of drug-likeness (QED) is 0.588. The Hall–Kier alpha value is -1.89. The molecule has 3 aromatic rings. The zero-order chi connectivity index (χ0) is 17.3. The van der Waals surface area contributed by atoms with Gasteiger partial charge in [0.15, 0.2) is 4.21 Å². The molecule has 0 unspecified atom stereocenters. The zero-order valence-corrected chi connectivity index (χ0v) is 15.4. The highest BCUT2D eigenvalue weighted by Gasteiger charge is 2.19. The molecule has 0 aliphatic heterocycles. The Morgan fingerprint density at radius 1 is 1.04 bits per heavy atom. The molecule has 2 aromatic carbocycles. The van der Waals surface area contributed by atoms with E-state index in [0.717, 1.165) is 28.2 Å². The lowest BCUT2D eigenvalue weighted by atomic mass is 10.2. The third kappa shape index (κ3) is 3.61. The Kier molecular flexibility index (Phi) is 4.62. The van der Waals surface area contributed by atoms with Crippen LogP contribution in [0.3, 0.4) is 0 Å². The van der Waals surface area contributed by atoms with Crippen molar-refractivity contribution in [2.24, 2.45) is 0 Å². The number of benzene rings is 2. The Balaban J connectivity index is 1.86. The number of aryl methyl sites for hydroxylation is 2. The molecule has 0 saturated carbocycles. The predicted molar refractivity (Wildman–Crippen MR) is 96.6 cm³/mol. The van der Waals surface area contributed by atoms with Gasteiger partial charge in [-0.2, -0.15) is 0 Å².